The molecule has 0 aliphatic heterocycles. The van der Waals surface area contributed by atoms with Gasteiger partial charge in [-0.25, -0.2) is 4.98 Å². The van der Waals surface area contributed by atoms with Gasteiger partial charge in [-0.15, -0.1) is 0 Å². The minimum absolute atomic E-state index is 0.252. The largest absolute Gasteiger partial charge is 0.375 e. The Morgan fingerprint density at radius 3 is 2.85 bits per heavy atom. The number of anilines is 2. The average Bonchev–Trinajstić information content (AvgIpc) is 2.78. The van der Waals surface area contributed by atoms with Gasteiger partial charge in [0, 0.05) is 5.69 Å². The van der Waals surface area contributed by atoms with Crippen LogP contribution in [0.4, 0.5) is 10.8 Å². The molecule has 0 aliphatic rings. The van der Waals surface area contributed by atoms with Crippen molar-refractivity contribution in [2.24, 2.45) is 0 Å². The molecular formula is C14H10ClN3OS. The fraction of sp³-hybridized carbons (Fsp3) is 0. The molecule has 1 aromatic heterocycles. The van der Waals surface area contributed by atoms with Gasteiger partial charge in [-0.2, -0.15) is 0 Å². The van der Waals surface area contributed by atoms with Crippen LogP contribution in [-0.2, 0) is 0 Å². The highest BCUT2D eigenvalue weighted by molar-refractivity contribution is 7.22. The summed E-state index contributed by atoms with van der Waals surface area (Å²) in [5, 5.41) is 3.73. The van der Waals surface area contributed by atoms with Gasteiger partial charge in [0.05, 0.1) is 20.8 Å². The summed E-state index contributed by atoms with van der Waals surface area (Å²) in [7, 11) is 0. The van der Waals surface area contributed by atoms with E-state index in [0.717, 1.165) is 10.2 Å². The van der Waals surface area contributed by atoms with E-state index in [4.69, 9.17) is 17.3 Å². The first-order chi connectivity index (χ1) is 9.63. The van der Waals surface area contributed by atoms with Gasteiger partial charge in [0.25, 0.3) is 5.91 Å². The third-order valence-corrected chi connectivity index (χ3v) is 3.98. The second-order valence-corrected chi connectivity index (χ2v) is 5.64. The molecule has 3 aromatic rings. The highest BCUT2D eigenvalue weighted by Crippen LogP contribution is 2.26. The predicted molar refractivity (Wildman–Crippen MR) is 83.4 cm³/mol. The van der Waals surface area contributed by atoms with Crippen LogP contribution in [0, 0.1) is 0 Å². The van der Waals surface area contributed by atoms with E-state index in [-0.39, 0.29) is 5.91 Å². The molecule has 100 valence electrons. The molecule has 0 spiro atoms. The topological polar surface area (TPSA) is 68.0 Å². The second-order valence-electron chi connectivity index (χ2n) is 4.17. The maximum Gasteiger partial charge on any atom is 0.257 e. The molecule has 0 atom stereocenters. The molecule has 3 N–H and O–H groups in total. The Morgan fingerprint density at radius 2 is 2.05 bits per heavy atom. The van der Waals surface area contributed by atoms with E-state index in [9.17, 15) is 4.79 Å². The van der Waals surface area contributed by atoms with Crippen molar-refractivity contribution in [3.63, 3.8) is 0 Å². The maximum atomic E-state index is 12.1. The Bertz CT molecular complexity index is 800. The number of amides is 1. The third kappa shape index (κ3) is 2.45. The minimum Gasteiger partial charge on any atom is -0.375 e. The first-order valence-electron chi connectivity index (χ1n) is 5.85. The lowest BCUT2D eigenvalue weighted by molar-refractivity contribution is 0.102. The second kappa shape index (κ2) is 5.11. The highest BCUT2D eigenvalue weighted by atomic mass is 35.5. The first-order valence-corrected chi connectivity index (χ1v) is 7.05. The van der Waals surface area contributed by atoms with E-state index >= 15 is 0 Å². The van der Waals surface area contributed by atoms with Crippen LogP contribution in [0.2, 0.25) is 5.02 Å². The Morgan fingerprint density at radius 1 is 1.25 bits per heavy atom. The molecule has 0 bridgehead atoms. The molecular weight excluding hydrogens is 294 g/mol. The Labute approximate surface area is 124 Å². The van der Waals surface area contributed by atoms with E-state index in [1.54, 1.807) is 30.3 Å². The summed E-state index contributed by atoms with van der Waals surface area (Å²) in [6.07, 6.45) is 0. The van der Waals surface area contributed by atoms with Gasteiger partial charge in [-0.05, 0) is 30.3 Å². The monoisotopic (exact) mass is 303 g/mol. The maximum absolute atomic E-state index is 12.1. The SMILES string of the molecule is Nc1nc2cc(NC(=O)c3ccccc3Cl)ccc2s1. The number of thiazole rings is 1. The smallest absolute Gasteiger partial charge is 0.257 e. The lowest BCUT2D eigenvalue weighted by Gasteiger charge is -2.06. The lowest BCUT2D eigenvalue weighted by Crippen LogP contribution is -2.12. The number of hydrogen-bond donors (Lipinski definition) is 2. The number of nitrogens with one attached hydrogen (secondary N) is 1. The van der Waals surface area contributed by atoms with E-state index in [2.05, 4.69) is 10.3 Å². The van der Waals surface area contributed by atoms with E-state index in [1.807, 2.05) is 12.1 Å². The molecule has 1 heterocycles. The number of carbonyl (C=O) groups excluding carboxylic acids is 1. The van der Waals surface area contributed by atoms with Crippen molar-refractivity contribution in [2.75, 3.05) is 11.1 Å². The fourth-order valence-electron chi connectivity index (χ4n) is 1.87. The van der Waals surface area contributed by atoms with Gasteiger partial charge in [0.1, 0.15) is 0 Å². The molecule has 0 radical (unpaired) electrons. The number of nitrogens with zero attached hydrogens (tertiary/aromatic N) is 1. The predicted octanol–water partition coefficient (Wildman–Crippen LogP) is 3.78. The molecule has 0 saturated carbocycles. The summed E-state index contributed by atoms with van der Waals surface area (Å²) < 4.78 is 0.984. The number of benzene rings is 2. The number of nitrogens with two attached hydrogens (primary N) is 1. The van der Waals surface area contributed by atoms with Crippen molar-refractivity contribution in [1.29, 1.82) is 0 Å². The Hall–Kier alpha value is -2.11. The van der Waals surface area contributed by atoms with Crippen LogP contribution < -0.4 is 11.1 Å². The normalized spacial score (nSPS) is 10.7. The van der Waals surface area contributed by atoms with Crippen LogP contribution in [0.3, 0.4) is 0 Å². The summed E-state index contributed by atoms with van der Waals surface area (Å²) in [5.41, 5.74) is 7.52. The molecule has 0 saturated heterocycles. The third-order valence-electron chi connectivity index (χ3n) is 2.78. The number of aromatic nitrogens is 1. The van der Waals surface area contributed by atoms with Crippen molar-refractivity contribution in [2.45, 2.75) is 0 Å². The fourth-order valence-corrected chi connectivity index (χ4v) is 2.80. The summed E-state index contributed by atoms with van der Waals surface area (Å²) in [6.45, 7) is 0. The van der Waals surface area contributed by atoms with Gasteiger partial charge in [-0.1, -0.05) is 35.1 Å². The van der Waals surface area contributed by atoms with Crippen molar-refractivity contribution < 1.29 is 4.79 Å². The number of rotatable bonds is 2. The van der Waals surface area contributed by atoms with Crippen molar-refractivity contribution in [3.8, 4) is 0 Å². The Kier molecular flexibility index (Phi) is 3.30. The van der Waals surface area contributed by atoms with Crippen LogP contribution in [0.5, 0.6) is 0 Å². The molecule has 2 aromatic carbocycles. The van der Waals surface area contributed by atoms with Crippen molar-refractivity contribution >= 4 is 49.9 Å². The highest BCUT2D eigenvalue weighted by Gasteiger charge is 2.10. The molecule has 0 aliphatic carbocycles. The number of halogens is 1. The number of carbonyl (C=O) groups is 1. The molecule has 0 fully saturated rings. The van der Waals surface area contributed by atoms with Crippen LogP contribution in [-0.4, -0.2) is 10.9 Å². The van der Waals surface area contributed by atoms with Crippen molar-refractivity contribution in [1.82, 2.24) is 4.98 Å². The molecule has 4 nitrogen and oxygen atoms in total. The lowest BCUT2D eigenvalue weighted by atomic mass is 10.2. The zero-order chi connectivity index (χ0) is 14.1. The molecule has 6 heteroatoms. The van der Waals surface area contributed by atoms with Gasteiger partial charge >= 0.3 is 0 Å². The Balaban J connectivity index is 1.89. The first kappa shape index (κ1) is 12.9. The quantitative estimate of drug-likeness (QED) is 0.757. The van der Waals surface area contributed by atoms with Crippen LogP contribution in [0.15, 0.2) is 42.5 Å². The number of nitrogen functional groups attached to an aromatic ring is 1. The minimum atomic E-state index is -0.252. The molecule has 20 heavy (non-hydrogen) atoms. The number of hydrogen-bond acceptors (Lipinski definition) is 4. The van der Waals surface area contributed by atoms with Crippen molar-refractivity contribution in [3.05, 3.63) is 53.1 Å². The molecule has 3 rings (SSSR count). The van der Waals surface area contributed by atoms with Gasteiger partial charge in [0.15, 0.2) is 5.13 Å². The van der Waals surface area contributed by atoms with E-state index in [0.29, 0.717) is 21.4 Å². The standard InChI is InChI=1S/C14H10ClN3OS/c15-10-4-2-1-3-9(10)13(19)17-8-5-6-12-11(7-8)18-14(16)20-12/h1-7H,(H2,16,18)(H,17,19). The van der Waals surface area contributed by atoms with Crippen LogP contribution in [0.1, 0.15) is 10.4 Å². The van der Waals surface area contributed by atoms with E-state index in [1.165, 1.54) is 11.3 Å². The molecule has 0 unspecified atom stereocenters. The summed E-state index contributed by atoms with van der Waals surface area (Å²) in [5.74, 6) is -0.252. The van der Waals surface area contributed by atoms with Gasteiger partial charge < -0.3 is 11.1 Å². The summed E-state index contributed by atoms with van der Waals surface area (Å²) in [6, 6.07) is 12.4. The molecule has 1 amide bonds. The number of fused-ring (bicyclic) bond motifs is 1. The summed E-state index contributed by atoms with van der Waals surface area (Å²) in [4.78, 5) is 16.3. The zero-order valence-electron chi connectivity index (χ0n) is 10.3. The van der Waals surface area contributed by atoms with Gasteiger partial charge in [0.2, 0.25) is 0 Å². The summed E-state index contributed by atoms with van der Waals surface area (Å²) >= 11 is 7.41. The van der Waals surface area contributed by atoms with E-state index < -0.39 is 0 Å². The van der Waals surface area contributed by atoms with Gasteiger partial charge in [-0.3, -0.25) is 4.79 Å². The van der Waals surface area contributed by atoms with Crippen LogP contribution >= 0.6 is 22.9 Å². The zero-order valence-corrected chi connectivity index (χ0v) is 11.8. The van der Waals surface area contributed by atoms with Crippen LogP contribution in [0.25, 0.3) is 10.2 Å². The average molecular weight is 304 g/mol.